The van der Waals surface area contributed by atoms with Crippen molar-refractivity contribution in [3.63, 3.8) is 0 Å². The van der Waals surface area contributed by atoms with Gasteiger partial charge < -0.3 is 20.1 Å². The predicted molar refractivity (Wildman–Crippen MR) is 103 cm³/mol. The number of fused-ring (bicyclic) bond motifs is 2. The molecule has 2 N–H and O–H groups in total. The Hall–Kier alpha value is -3.13. The van der Waals surface area contributed by atoms with Gasteiger partial charge in [-0.2, -0.15) is 0 Å². The number of benzene rings is 2. The van der Waals surface area contributed by atoms with Crippen LogP contribution in [0.5, 0.6) is 11.5 Å². The number of amides is 2. The molecule has 138 valence electrons. The zero-order chi connectivity index (χ0) is 18.8. The molecule has 0 aliphatic carbocycles. The molecule has 3 aromatic rings. The number of hydrogen-bond donors (Lipinski definition) is 2. The maximum Gasteiger partial charge on any atom is 0.251 e. The molecule has 2 amide bonds. The van der Waals surface area contributed by atoms with Crippen LogP contribution in [0.4, 0.5) is 5.13 Å². The molecule has 27 heavy (non-hydrogen) atoms. The van der Waals surface area contributed by atoms with Crippen LogP contribution in [-0.4, -0.2) is 36.6 Å². The fourth-order valence-electron chi connectivity index (χ4n) is 2.73. The second-order valence-electron chi connectivity index (χ2n) is 6.08. The highest BCUT2D eigenvalue weighted by Gasteiger charge is 2.16. The smallest absolute Gasteiger partial charge is 0.251 e. The van der Waals surface area contributed by atoms with E-state index in [1.807, 2.05) is 19.1 Å². The maximum atomic E-state index is 12.1. The molecule has 0 radical (unpaired) electrons. The number of hydrogen-bond acceptors (Lipinski definition) is 6. The Bertz CT molecular complexity index is 988. The van der Waals surface area contributed by atoms with Gasteiger partial charge in [-0.3, -0.25) is 9.59 Å². The van der Waals surface area contributed by atoms with Crippen molar-refractivity contribution in [2.24, 2.45) is 0 Å². The van der Waals surface area contributed by atoms with Crippen molar-refractivity contribution < 1.29 is 19.1 Å². The lowest BCUT2D eigenvalue weighted by Crippen LogP contribution is -2.32. The number of anilines is 1. The van der Waals surface area contributed by atoms with E-state index in [0.717, 1.165) is 15.8 Å². The van der Waals surface area contributed by atoms with E-state index in [1.54, 1.807) is 24.3 Å². The molecule has 8 heteroatoms. The third-order valence-corrected chi connectivity index (χ3v) is 4.92. The Morgan fingerprint density at radius 3 is 2.70 bits per heavy atom. The number of aryl methyl sites for hydroxylation is 1. The summed E-state index contributed by atoms with van der Waals surface area (Å²) in [6.45, 7) is 2.80. The first-order valence-corrected chi connectivity index (χ1v) is 9.25. The van der Waals surface area contributed by atoms with Gasteiger partial charge >= 0.3 is 0 Å². The largest absolute Gasteiger partial charge is 0.486 e. The van der Waals surface area contributed by atoms with Crippen LogP contribution in [0.1, 0.15) is 15.9 Å². The second-order valence-corrected chi connectivity index (χ2v) is 7.11. The van der Waals surface area contributed by atoms with Crippen LogP contribution in [0.25, 0.3) is 10.2 Å². The van der Waals surface area contributed by atoms with Gasteiger partial charge in [0.05, 0.1) is 16.8 Å². The first-order valence-electron chi connectivity index (χ1n) is 8.43. The second kappa shape index (κ2) is 7.24. The van der Waals surface area contributed by atoms with E-state index in [1.165, 1.54) is 11.3 Å². The van der Waals surface area contributed by atoms with E-state index in [9.17, 15) is 9.59 Å². The molecule has 7 nitrogen and oxygen atoms in total. The summed E-state index contributed by atoms with van der Waals surface area (Å²) in [5, 5.41) is 5.78. The standard InChI is InChI=1S/C19H17N3O4S/c1-11-3-2-4-12(7-11)18(24)20-10-17(23)22-19-21-13-8-14-15(9-16(13)27-19)26-6-5-25-14/h2-4,7-9H,5-6,10H2,1H3,(H,20,24)(H,21,22,23). The number of aromatic nitrogens is 1. The van der Waals surface area contributed by atoms with Crippen LogP contribution in [0.3, 0.4) is 0 Å². The molecule has 0 saturated heterocycles. The molecule has 1 aliphatic heterocycles. The molecule has 1 aromatic heterocycles. The molecule has 4 rings (SSSR count). The summed E-state index contributed by atoms with van der Waals surface area (Å²) in [6.07, 6.45) is 0. The topological polar surface area (TPSA) is 89.6 Å². The Balaban J connectivity index is 1.40. The quantitative estimate of drug-likeness (QED) is 0.723. The van der Waals surface area contributed by atoms with Crippen molar-refractivity contribution in [1.29, 1.82) is 0 Å². The number of nitrogens with one attached hydrogen (secondary N) is 2. The predicted octanol–water partition coefficient (Wildman–Crippen LogP) is 2.74. The third kappa shape index (κ3) is 3.85. The van der Waals surface area contributed by atoms with Crippen LogP contribution in [-0.2, 0) is 4.79 Å². The summed E-state index contributed by atoms with van der Waals surface area (Å²) < 4.78 is 12.0. The van der Waals surface area contributed by atoms with E-state index in [2.05, 4.69) is 15.6 Å². The highest BCUT2D eigenvalue weighted by atomic mass is 32.1. The molecular formula is C19H17N3O4S. The maximum absolute atomic E-state index is 12.1. The number of rotatable bonds is 4. The number of nitrogens with zero attached hydrogens (tertiary/aromatic N) is 1. The average Bonchev–Trinajstić information content (AvgIpc) is 3.05. The molecule has 0 spiro atoms. The highest BCUT2D eigenvalue weighted by molar-refractivity contribution is 7.22. The number of carbonyl (C=O) groups excluding carboxylic acids is 2. The Morgan fingerprint density at radius 2 is 1.93 bits per heavy atom. The van der Waals surface area contributed by atoms with E-state index in [-0.39, 0.29) is 18.4 Å². The van der Waals surface area contributed by atoms with Crippen LogP contribution in [0, 0.1) is 6.92 Å². The van der Waals surface area contributed by atoms with E-state index >= 15 is 0 Å². The van der Waals surface area contributed by atoms with Crippen molar-refractivity contribution in [1.82, 2.24) is 10.3 Å². The van der Waals surface area contributed by atoms with E-state index in [4.69, 9.17) is 9.47 Å². The van der Waals surface area contributed by atoms with Crippen LogP contribution in [0.15, 0.2) is 36.4 Å². The molecule has 2 heterocycles. The number of ether oxygens (including phenoxy) is 2. The van der Waals surface area contributed by atoms with E-state index < -0.39 is 0 Å². The van der Waals surface area contributed by atoms with Crippen molar-refractivity contribution in [3.8, 4) is 11.5 Å². The van der Waals surface area contributed by atoms with Crippen LogP contribution in [0.2, 0.25) is 0 Å². The number of thiazole rings is 1. The Labute approximate surface area is 159 Å². The van der Waals surface area contributed by atoms with Gasteiger partial charge in [-0.15, -0.1) is 0 Å². The zero-order valence-electron chi connectivity index (χ0n) is 14.6. The third-order valence-electron chi connectivity index (χ3n) is 3.99. The molecule has 0 unspecified atom stereocenters. The fraction of sp³-hybridized carbons (Fsp3) is 0.211. The first kappa shape index (κ1) is 17.3. The van der Waals surface area contributed by atoms with Gasteiger partial charge in [-0.05, 0) is 19.1 Å². The van der Waals surface area contributed by atoms with Gasteiger partial charge in [-0.1, -0.05) is 29.0 Å². The molecule has 0 saturated carbocycles. The normalized spacial score (nSPS) is 12.6. The molecule has 2 aromatic carbocycles. The van der Waals surface area contributed by atoms with E-state index in [0.29, 0.717) is 35.4 Å². The van der Waals surface area contributed by atoms with Crippen LogP contribution >= 0.6 is 11.3 Å². The summed E-state index contributed by atoms with van der Waals surface area (Å²) in [5.41, 5.74) is 2.23. The first-order chi connectivity index (χ1) is 13.1. The Morgan fingerprint density at radius 1 is 1.15 bits per heavy atom. The molecule has 0 atom stereocenters. The van der Waals surface area contributed by atoms with Crippen molar-refractivity contribution in [3.05, 3.63) is 47.5 Å². The number of carbonyl (C=O) groups is 2. The summed E-state index contributed by atoms with van der Waals surface area (Å²) in [5.74, 6) is 0.704. The van der Waals surface area contributed by atoms with Crippen LogP contribution < -0.4 is 20.1 Å². The van der Waals surface area contributed by atoms with Crippen molar-refractivity contribution in [2.45, 2.75) is 6.92 Å². The van der Waals surface area contributed by atoms with Crippen molar-refractivity contribution >= 4 is 38.5 Å². The molecule has 1 aliphatic rings. The molecule has 0 fully saturated rings. The van der Waals surface area contributed by atoms with Gasteiger partial charge in [0.25, 0.3) is 5.91 Å². The monoisotopic (exact) mass is 383 g/mol. The molecular weight excluding hydrogens is 366 g/mol. The Kier molecular flexibility index (Phi) is 4.64. The summed E-state index contributed by atoms with van der Waals surface area (Å²) in [4.78, 5) is 28.6. The highest BCUT2D eigenvalue weighted by Crippen LogP contribution is 2.37. The SMILES string of the molecule is Cc1cccc(C(=O)NCC(=O)Nc2nc3cc4c(cc3s2)OCCO4)c1. The fourth-order valence-corrected chi connectivity index (χ4v) is 3.62. The van der Waals surface area contributed by atoms with Gasteiger partial charge in [0.1, 0.15) is 13.2 Å². The van der Waals surface area contributed by atoms with Gasteiger partial charge in [0, 0.05) is 17.7 Å². The summed E-state index contributed by atoms with van der Waals surface area (Å²) in [7, 11) is 0. The lowest BCUT2D eigenvalue weighted by atomic mass is 10.1. The lowest BCUT2D eigenvalue weighted by molar-refractivity contribution is -0.115. The minimum absolute atomic E-state index is 0.134. The zero-order valence-corrected chi connectivity index (χ0v) is 15.4. The summed E-state index contributed by atoms with van der Waals surface area (Å²) in [6, 6.07) is 10.8. The minimum Gasteiger partial charge on any atom is -0.486 e. The van der Waals surface area contributed by atoms with Crippen molar-refractivity contribution in [2.75, 3.05) is 25.1 Å². The van der Waals surface area contributed by atoms with Gasteiger partial charge in [0.2, 0.25) is 5.91 Å². The molecule has 0 bridgehead atoms. The lowest BCUT2D eigenvalue weighted by Gasteiger charge is -2.17. The minimum atomic E-state index is -0.340. The van der Waals surface area contributed by atoms with Gasteiger partial charge in [0.15, 0.2) is 16.6 Å². The average molecular weight is 383 g/mol. The van der Waals surface area contributed by atoms with Gasteiger partial charge in [-0.25, -0.2) is 4.98 Å². The summed E-state index contributed by atoms with van der Waals surface area (Å²) >= 11 is 1.34.